The van der Waals surface area contributed by atoms with E-state index in [0.717, 1.165) is 22.1 Å². The number of carbonyl (C=O) groups excluding carboxylic acids is 1. The number of aromatic amines is 1. The fraction of sp³-hybridized carbons (Fsp3) is 0.133. The minimum absolute atomic E-state index is 0.0508. The van der Waals surface area contributed by atoms with E-state index in [1.807, 2.05) is 30.5 Å². The summed E-state index contributed by atoms with van der Waals surface area (Å²) in [6.45, 7) is 2.00. The van der Waals surface area contributed by atoms with Gasteiger partial charge in [0.15, 0.2) is 0 Å². The Morgan fingerprint density at radius 1 is 1.38 bits per heavy atom. The number of H-pyrrole nitrogens is 1. The second kappa shape index (κ2) is 5.24. The number of nitrogens with two attached hydrogens (primary N) is 1. The topological polar surface area (TPSA) is 96.7 Å². The van der Waals surface area contributed by atoms with Crippen LogP contribution in [0.2, 0.25) is 0 Å². The zero-order chi connectivity index (χ0) is 14.8. The Balaban J connectivity index is 2.03. The number of nitrogens with one attached hydrogen (secondary N) is 2. The minimum atomic E-state index is -0.0508. The molecule has 0 fully saturated rings. The molecule has 6 heteroatoms. The Labute approximate surface area is 121 Å². The number of hydrogen-bond donors (Lipinski definition) is 3. The van der Waals surface area contributed by atoms with Gasteiger partial charge in [-0.25, -0.2) is 9.97 Å². The molecule has 0 radical (unpaired) electrons. The van der Waals surface area contributed by atoms with Crippen LogP contribution < -0.4 is 11.1 Å². The smallest absolute Gasteiger partial charge is 0.217 e. The molecule has 0 saturated carbocycles. The maximum atomic E-state index is 11.0. The first-order valence-electron chi connectivity index (χ1n) is 6.56. The van der Waals surface area contributed by atoms with Gasteiger partial charge in [0, 0.05) is 25.2 Å². The van der Waals surface area contributed by atoms with Crippen LogP contribution in [0, 0.1) is 0 Å². The average Bonchev–Trinajstić information content (AvgIpc) is 2.91. The predicted molar refractivity (Wildman–Crippen MR) is 81.3 cm³/mol. The summed E-state index contributed by atoms with van der Waals surface area (Å²) < 4.78 is 0. The van der Waals surface area contributed by atoms with Crippen LogP contribution in [0.15, 0.2) is 36.8 Å². The van der Waals surface area contributed by atoms with Crippen molar-refractivity contribution in [2.75, 3.05) is 5.73 Å². The van der Waals surface area contributed by atoms with Crippen LogP contribution in [0.25, 0.3) is 22.2 Å². The minimum Gasteiger partial charge on any atom is -0.383 e. The first-order chi connectivity index (χ1) is 10.1. The predicted octanol–water partition coefficient (Wildman–Crippen LogP) is 1.84. The summed E-state index contributed by atoms with van der Waals surface area (Å²) in [5, 5.41) is 3.60. The van der Waals surface area contributed by atoms with Crippen LogP contribution in [0.3, 0.4) is 0 Å². The Morgan fingerprint density at radius 3 is 3.05 bits per heavy atom. The molecule has 0 aliphatic rings. The molecule has 4 N–H and O–H groups in total. The lowest BCUT2D eigenvalue weighted by Crippen LogP contribution is -2.18. The summed E-state index contributed by atoms with van der Waals surface area (Å²) in [5.74, 6) is 0.397. The number of anilines is 1. The van der Waals surface area contributed by atoms with Crippen LogP contribution in [0.5, 0.6) is 0 Å². The third-order valence-corrected chi connectivity index (χ3v) is 3.28. The van der Waals surface area contributed by atoms with Gasteiger partial charge in [-0.1, -0.05) is 18.2 Å². The van der Waals surface area contributed by atoms with Crippen LogP contribution in [-0.2, 0) is 11.3 Å². The van der Waals surface area contributed by atoms with E-state index in [2.05, 4.69) is 20.3 Å². The second-order valence-electron chi connectivity index (χ2n) is 4.79. The average molecular weight is 281 g/mol. The lowest BCUT2D eigenvalue weighted by molar-refractivity contribution is -0.119. The van der Waals surface area contributed by atoms with Gasteiger partial charge in [-0.2, -0.15) is 0 Å². The van der Waals surface area contributed by atoms with E-state index >= 15 is 0 Å². The second-order valence-corrected chi connectivity index (χ2v) is 4.79. The summed E-state index contributed by atoms with van der Waals surface area (Å²) in [6.07, 6.45) is 3.30. The number of carbonyl (C=O) groups is 1. The van der Waals surface area contributed by atoms with Crippen molar-refractivity contribution in [1.82, 2.24) is 20.3 Å². The van der Waals surface area contributed by atoms with Gasteiger partial charge in [-0.05, 0) is 17.2 Å². The highest BCUT2D eigenvalue weighted by Crippen LogP contribution is 2.30. The molecule has 3 aromatic rings. The Morgan fingerprint density at radius 2 is 2.24 bits per heavy atom. The molecule has 1 aromatic carbocycles. The van der Waals surface area contributed by atoms with E-state index in [-0.39, 0.29) is 5.91 Å². The van der Waals surface area contributed by atoms with E-state index < -0.39 is 0 Å². The van der Waals surface area contributed by atoms with E-state index in [1.54, 1.807) is 0 Å². The molecular weight excluding hydrogens is 266 g/mol. The van der Waals surface area contributed by atoms with Crippen LogP contribution in [-0.4, -0.2) is 20.9 Å². The van der Waals surface area contributed by atoms with Crippen molar-refractivity contribution in [3.8, 4) is 11.1 Å². The molecule has 6 nitrogen and oxygen atoms in total. The summed E-state index contributed by atoms with van der Waals surface area (Å²) in [6, 6.07) is 7.93. The van der Waals surface area contributed by atoms with Crippen molar-refractivity contribution < 1.29 is 4.79 Å². The van der Waals surface area contributed by atoms with E-state index in [4.69, 9.17) is 5.73 Å². The first-order valence-corrected chi connectivity index (χ1v) is 6.56. The molecule has 0 saturated heterocycles. The third kappa shape index (κ3) is 2.55. The number of rotatable bonds is 3. The number of nitrogens with zero attached hydrogens (tertiary/aromatic N) is 2. The molecule has 2 aromatic heterocycles. The maximum Gasteiger partial charge on any atom is 0.217 e. The fourth-order valence-electron chi connectivity index (χ4n) is 2.29. The summed E-state index contributed by atoms with van der Waals surface area (Å²) in [7, 11) is 0. The highest BCUT2D eigenvalue weighted by atomic mass is 16.1. The van der Waals surface area contributed by atoms with Gasteiger partial charge in [0.25, 0.3) is 0 Å². The fourth-order valence-corrected chi connectivity index (χ4v) is 2.29. The molecule has 106 valence electrons. The van der Waals surface area contributed by atoms with Crippen molar-refractivity contribution in [3.63, 3.8) is 0 Å². The molecule has 0 spiro atoms. The monoisotopic (exact) mass is 281 g/mol. The largest absolute Gasteiger partial charge is 0.383 e. The summed E-state index contributed by atoms with van der Waals surface area (Å²) >= 11 is 0. The van der Waals surface area contributed by atoms with E-state index in [0.29, 0.717) is 18.0 Å². The summed E-state index contributed by atoms with van der Waals surface area (Å²) in [4.78, 5) is 22.3. The molecule has 0 aliphatic carbocycles. The van der Waals surface area contributed by atoms with Gasteiger partial charge in [0.1, 0.15) is 17.8 Å². The standard InChI is InChI=1S/C15H15N5O/c1-9(21)17-6-10-3-2-4-11(5-10)12-7-18-15-13(12)14(16)19-8-20-15/h2-5,7-8H,6H2,1H3,(H,17,21)(H3,16,18,19,20). The molecule has 3 rings (SSSR count). The number of amides is 1. The van der Waals surface area contributed by atoms with Gasteiger partial charge < -0.3 is 16.0 Å². The maximum absolute atomic E-state index is 11.0. The zero-order valence-corrected chi connectivity index (χ0v) is 11.6. The molecule has 0 bridgehead atoms. The van der Waals surface area contributed by atoms with E-state index in [9.17, 15) is 4.79 Å². The number of hydrogen-bond acceptors (Lipinski definition) is 4. The van der Waals surface area contributed by atoms with Crippen molar-refractivity contribution in [1.29, 1.82) is 0 Å². The van der Waals surface area contributed by atoms with Gasteiger partial charge in [0.2, 0.25) is 5.91 Å². The number of benzene rings is 1. The van der Waals surface area contributed by atoms with Crippen LogP contribution in [0.1, 0.15) is 12.5 Å². The van der Waals surface area contributed by atoms with Crippen LogP contribution in [0.4, 0.5) is 5.82 Å². The van der Waals surface area contributed by atoms with Crippen molar-refractivity contribution >= 4 is 22.8 Å². The lowest BCUT2D eigenvalue weighted by Gasteiger charge is -2.06. The molecule has 0 aliphatic heterocycles. The number of nitrogen functional groups attached to an aromatic ring is 1. The highest BCUT2D eigenvalue weighted by Gasteiger charge is 2.11. The summed E-state index contributed by atoms with van der Waals surface area (Å²) in [5.41, 5.74) is 9.64. The number of fused-ring (bicyclic) bond motifs is 1. The third-order valence-electron chi connectivity index (χ3n) is 3.28. The SMILES string of the molecule is CC(=O)NCc1cccc(-c2c[nH]c3ncnc(N)c23)c1. The molecule has 21 heavy (non-hydrogen) atoms. The number of aromatic nitrogens is 3. The van der Waals surface area contributed by atoms with Crippen molar-refractivity contribution in [2.45, 2.75) is 13.5 Å². The van der Waals surface area contributed by atoms with Gasteiger partial charge in [-0.15, -0.1) is 0 Å². The van der Waals surface area contributed by atoms with Crippen molar-refractivity contribution in [2.24, 2.45) is 0 Å². The van der Waals surface area contributed by atoms with Crippen molar-refractivity contribution in [3.05, 3.63) is 42.4 Å². The molecule has 0 unspecified atom stereocenters. The van der Waals surface area contributed by atoms with E-state index in [1.165, 1.54) is 13.3 Å². The Bertz CT molecular complexity index is 809. The Kier molecular flexibility index (Phi) is 3.27. The normalized spacial score (nSPS) is 10.7. The zero-order valence-electron chi connectivity index (χ0n) is 11.6. The molecule has 0 atom stereocenters. The Hall–Kier alpha value is -2.89. The first kappa shape index (κ1) is 13.1. The van der Waals surface area contributed by atoms with Gasteiger partial charge >= 0.3 is 0 Å². The van der Waals surface area contributed by atoms with Gasteiger partial charge in [-0.3, -0.25) is 4.79 Å². The van der Waals surface area contributed by atoms with Gasteiger partial charge in [0.05, 0.1) is 5.39 Å². The quantitative estimate of drug-likeness (QED) is 0.682. The van der Waals surface area contributed by atoms with Crippen LogP contribution >= 0.6 is 0 Å². The molecular formula is C15H15N5O. The lowest BCUT2D eigenvalue weighted by atomic mass is 10.0. The molecule has 1 amide bonds. The highest BCUT2D eigenvalue weighted by molar-refractivity contribution is 6.00. The molecule has 2 heterocycles.